The van der Waals surface area contributed by atoms with Gasteiger partial charge in [-0.15, -0.1) is 0 Å². The van der Waals surface area contributed by atoms with Crippen LogP contribution in [-0.2, 0) is 11.2 Å². The number of rotatable bonds is 2. The van der Waals surface area contributed by atoms with E-state index in [1.54, 1.807) is 0 Å². The van der Waals surface area contributed by atoms with Gasteiger partial charge in [0.25, 0.3) is 0 Å². The van der Waals surface area contributed by atoms with E-state index in [2.05, 4.69) is 41.9 Å². The quantitative estimate of drug-likeness (QED) is 0.768. The number of likely N-dealkylation sites (tertiary alicyclic amines) is 1. The number of carbonyl (C=O) groups excluding carboxylic acids is 1. The fraction of sp³-hybridized carbons (Fsp3) is 0.533. The van der Waals surface area contributed by atoms with Crippen molar-refractivity contribution in [2.45, 2.75) is 31.5 Å². The molecule has 2 rings (SSSR count). The van der Waals surface area contributed by atoms with Gasteiger partial charge in [-0.2, -0.15) is 0 Å². The molecule has 0 spiro atoms. The molecule has 1 heterocycles. The normalized spacial score (nSPS) is 24.1. The van der Waals surface area contributed by atoms with Crippen LogP contribution in [0.2, 0.25) is 0 Å². The lowest BCUT2D eigenvalue weighted by molar-refractivity contribution is -0.132. The van der Waals surface area contributed by atoms with E-state index in [1.165, 1.54) is 5.56 Å². The average molecular weight is 310 g/mol. The molecule has 2 nitrogen and oxygen atoms in total. The van der Waals surface area contributed by atoms with Crippen LogP contribution in [0.1, 0.15) is 24.5 Å². The molecule has 2 unspecified atom stereocenters. The highest BCUT2D eigenvalue weighted by Crippen LogP contribution is 2.23. The van der Waals surface area contributed by atoms with Crippen molar-refractivity contribution >= 4 is 21.8 Å². The minimum absolute atomic E-state index is 0.255. The highest BCUT2D eigenvalue weighted by atomic mass is 79.9. The number of alkyl halides is 1. The van der Waals surface area contributed by atoms with Gasteiger partial charge in [0.05, 0.1) is 6.42 Å². The van der Waals surface area contributed by atoms with Gasteiger partial charge in [-0.05, 0) is 24.8 Å². The first-order chi connectivity index (χ1) is 8.56. The van der Waals surface area contributed by atoms with Crippen molar-refractivity contribution in [1.82, 2.24) is 4.90 Å². The predicted octanol–water partition coefficient (Wildman–Crippen LogP) is 3.17. The van der Waals surface area contributed by atoms with E-state index in [0.29, 0.717) is 17.2 Å². The maximum atomic E-state index is 12.2. The monoisotopic (exact) mass is 309 g/mol. The van der Waals surface area contributed by atoms with Crippen LogP contribution in [0.25, 0.3) is 0 Å². The first kappa shape index (κ1) is 13.6. The molecule has 1 fully saturated rings. The first-order valence-corrected chi connectivity index (χ1v) is 7.45. The molecule has 0 N–H and O–H groups in total. The molecule has 1 aliphatic heterocycles. The molecular formula is C15H20BrNO. The Morgan fingerprint density at radius 1 is 1.39 bits per heavy atom. The number of aryl methyl sites for hydroxylation is 1. The third-order valence-corrected chi connectivity index (χ3v) is 4.99. The molecule has 0 aromatic heterocycles. The van der Waals surface area contributed by atoms with E-state index < -0.39 is 0 Å². The number of halogens is 1. The van der Waals surface area contributed by atoms with Gasteiger partial charge < -0.3 is 4.90 Å². The number of nitrogens with zero attached hydrogens (tertiary/aromatic N) is 1. The van der Waals surface area contributed by atoms with Crippen LogP contribution in [0.5, 0.6) is 0 Å². The largest absolute Gasteiger partial charge is 0.342 e. The zero-order valence-electron chi connectivity index (χ0n) is 11.0. The smallest absolute Gasteiger partial charge is 0.226 e. The Bertz CT molecular complexity index is 415. The molecule has 0 saturated carbocycles. The van der Waals surface area contributed by atoms with Gasteiger partial charge in [-0.1, -0.05) is 52.7 Å². The highest BCUT2D eigenvalue weighted by Gasteiger charge is 2.26. The molecule has 1 aromatic rings. The van der Waals surface area contributed by atoms with Gasteiger partial charge >= 0.3 is 0 Å². The topological polar surface area (TPSA) is 20.3 Å². The van der Waals surface area contributed by atoms with Gasteiger partial charge in [0.1, 0.15) is 0 Å². The van der Waals surface area contributed by atoms with Crippen molar-refractivity contribution in [1.29, 1.82) is 0 Å². The summed E-state index contributed by atoms with van der Waals surface area (Å²) in [5, 5.41) is 0. The maximum Gasteiger partial charge on any atom is 0.226 e. The maximum absolute atomic E-state index is 12.2. The molecule has 1 aliphatic rings. The fourth-order valence-corrected chi connectivity index (χ4v) is 2.71. The lowest BCUT2D eigenvalue weighted by Crippen LogP contribution is -2.43. The highest BCUT2D eigenvalue weighted by molar-refractivity contribution is 9.09. The molecule has 0 aliphatic carbocycles. The average Bonchev–Trinajstić information content (AvgIpc) is 2.35. The van der Waals surface area contributed by atoms with Crippen molar-refractivity contribution < 1.29 is 4.79 Å². The van der Waals surface area contributed by atoms with Crippen LogP contribution in [0, 0.1) is 12.8 Å². The van der Waals surface area contributed by atoms with Crippen molar-refractivity contribution in [3.05, 3.63) is 35.4 Å². The van der Waals surface area contributed by atoms with Crippen LogP contribution in [-0.4, -0.2) is 28.7 Å². The number of amides is 1. The zero-order valence-corrected chi connectivity index (χ0v) is 12.6. The Morgan fingerprint density at radius 3 is 2.67 bits per heavy atom. The summed E-state index contributed by atoms with van der Waals surface area (Å²) in [6, 6.07) is 8.23. The SMILES string of the molecule is Cc1ccc(CC(=O)N2CCC(Br)C(C)C2)cc1. The Morgan fingerprint density at radius 2 is 2.06 bits per heavy atom. The molecule has 0 radical (unpaired) electrons. The summed E-state index contributed by atoms with van der Waals surface area (Å²) in [6.07, 6.45) is 1.58. The van der Waals surface area contributed by atoms with E-state index in [-0.39, 0.29) is 5.91 Å². The standard InChI is InChI=1S/C15H20BrNO/c1-11-3-5-13(6-4-11)9-15(18)17-8-7-14(16)12(2)10-17/h3-6,12,14H,7-10H2,1-2H3. The predicted molar refractivity (Wildman–Crippen MR) is 78.0 cm³/mol. The van der Waals surface area contributed by atoms with E-state index in [4.69, 9.17) is 0 Å². The fourth-order valence-electron chi connectivity index (χ4n) is 2.34. The third-order valence-electron chi connectivity index (χ3n) is 3.63. The summed E-state index contributed by atoms with van der Waals surface area (Å²) in [4.78, 5) is 14.8. The van der Waals surface area contributed by atoms with Crippen molar-refractivity contribution in [2.24, 2.45) is 5.92 Å². The Balaban J connectivity index is 1.94. The van der Waals surface area contributed by atoms with Gasteiger partial charge in [-0.25, -0.2) is 0 Å². The van der Waals surface area contributed by atoms with Crippen molar-refractivity contribution in [3.8, 4) is 0 Å². The Hall–Kier alpha value is -0.830. The molecule has 18 heavy (non-hydrogen) atoms. The second-order valence-corrected chi connectivity index (χ2v) is 6.46. The van der Waals surface area contributed by atoms with Gasteiger partial charge in [0, 0.05) is 17.9 Å². The molecule has 2 atom stereocenters. The van der Waals surface area contributed by atoms with Crippen molar-refractivity contribution in [3.63, 3.8) is 0 Å². The van der Waals surface area contributed by atoms with Gasteiger partial charge in [0.2, 0.25) is 5.91 Å². The number of hydrogen-bond acceptors (Lipinski definition) is 1. The minimum atomic E-state index is 0.255. The molecule has 98 valence electrons. The molecule has 1 saturated heterocycles. The summed E-state index contributed by atoms with van der Waals surface area (Å²) in [7, 11) is 0. The molecule has 3 heteroatoms. The van der Waals surface area contributed by atoms with E-state index in [9.17, 15) is 4.79 Å². The Labute approximate surface area is 117 Å². The summed E-state index contributed by atoms with van der Waals surface area (Å²) in [6.45, 7) is 6.02. The molecule has 0 bridgehead atoms. The van der Waals surface area contributed by atoms with E-state index >= 15 is 0 Å². The summed E-state index contributed by atoms with van der Waals surface area (Å²) in [5.41, 5.74) is 2.35. The number of piperidine rings is 1. The van der Waals surface area contributed by atoms with Crippen LogP contribution in [0.3, 0.4) is 0 Å². The summed E-state index contributed by atoms with van der Waals surface area (Å²) < 4.78 is 0. The van der Waals surface area contributed by atoms with Crippen molar-refractivity contribution in [2.75, 3.05) is 13.1 Å². The second-order valence-electron chi connectivity index (χ2n) is 5.28. The van der Waals surface area contributed by atoms with Crippen LogP contribution >= 0.6 is 15.9 Å². The lowest BCUT2D eigenvalue weighted by Gasteiger charge is -2.34. The van der Waals surface area contributed by atoms with Crippen LogP contribution in [0.15, 0.2) is 24.3 Å². The van der Waals surface area contributed by atoms with Gasteiger partial charge in [0.15, 0.2) is 0 Å². The van der Waals surface area contributed by atoms with E-state index in [0.717, 1.165) is 25.1 Å². The summed E-state index contributed by atoms with van der Waals surface area (Å²) >= 11 is 3.67. The number of carbonyl (C=O) groups is 1. The Kier molecular flexibility index (Phi) is 4.44. The second kappa shape index (κ2) is 5.87. The molecular weight excluding hydrogens is 290 g/mol. The zero-order chi connectivity index (χ0) is 13.1. The van der Waals surface area contributed by atoms with Crippen LogP contribution < -0.4 is 0 Å². The first-order valence-electron chi connectivity index (χ1n) is 6.53. The number of hydrogen-bond donors (Lipinski definition) is 0. The number of benzene rings is 1. The summed E-state index contributed by atoms with van der Waals surface area (Å²) in [5.74, 6) is 0.797. The van der Waals surface area contributed by atoms with Crippen LogP contribution in [0.4, 0.5) is 0 Å². The molecule has 1 aromatic carbocycles. The van der Waals surface area contributed by atoms with E-state index in [1.807, 2.05) is 17.0 Å². The molecule has 1 amide bonds. The lowest BCUT2D eigenvalue weighted by atomic mass is 9.99. The minimum Gasteiger partial charge on any atom is -0.342 e. The third kappa shape index (κ3) is 3.35. The van der Waals surface area contributed by atoms with Gasteiger partial charge in [-0.3, -0.25) is 4.79 Å².